The van der Waals surface area contributed by atoms with Crippen molar-refractivity contribution in [1.82, 2.24) is 10.2 Å². The molecule has 0 unspecified atom stereocenters. The molecule has 0 saturated carbocycles. The second-order valence-electron chi connectivity index (χ2n) is 3.70. The Kier molecular flexibility index (Phi) is 3.55. The van der Waals surface area contributed by atoms with Gasteiger partial charge in [-0.2, -0.15) is 0 Å². The lowest BCUT2D eigenvalue weighted by Crippen LogP contribution is -2.05. The maximum atomic E-state index is 5.70. The monoisotopic (exact) mass is 250 g/mol. The van der Waals surface area contributed by atoms with Crippen molar-refractivity contribution in [3.05, 3.63) is 34.3 Å². The maximum Gasteiger partial charge on any atom is 0.219 e. The van der Waals surface area contributed by atoms with Gasteiger partial charge in [0.1, 0.15) is 12.4 Å². The van der Waals surface area contributed by atoms with Crippen LogP contribution in [0.1, 0.15) is 16.1 Å². The van der Waals surface area contributed by atoms with Gasteiger partial charge in [0, 0.05) is 0 Å². The van der Waals surface area contributed by atoms with Gasteiger partial charge in [-0.15, -0.1) is 10.2 Å². The van der Waals surface area contributed by atoms with Crippen molar-refractivity contribution in [3.8, 4) is 5.75 Å². The predicted octanol–water partition coefficient (Wildman–Crippen LogP) is 2.02. The third-order valence-electron chi connectivity index (χ3n) is 2.29. The molecule has 1 heterocycles. The molecule has 2 aromatic rings. The van der Waals surface area contributed by atoms with Gasteiger partial charge in [0.2, 0.25) is 5.13 Å². The molecule has 0 radical (unpaired) electrons. The van der Waals surface area contributed by atoms with Gasteiger partial charge in [-0.25, -0.2) is 5.84 Å². The lowest BCUT2D eigenvalue weighted by Gasteiger charge is -2.07. The van der Waals surface area contributed by atoms with E-state index in [0.717, 1.165) is 16.3 Å². The van der Waals surface area contributed by atoms with Gasteiger partial charge in [-0.3, -0.25) is 5.43 Å². The van der Waals surface area contributed by atoms with Crippen LogP contribution in [0.4, 0.5) is 5.13 Å². The number of hydrogen-bond donors (Lipinski definition) is 2. The number of hydrazine groups is 1. The van der Waals surface area contributed by atoms with Crippen molar-refractivity contribution in [1.29, 1.82) is 0 Å². The van der Waals surface area contributed by atoms with Crippen molar-refractivity contribution in [3.63, 3.8) is 0 Å². The number of rotatable bonds is 4. The number of ether oxygens (including phenoxy) is 1. The van der Waals surface area contributed by atoms with Crippen LogP contribution in [0.5, 0.6) is 5.75 Å². The third-order valence-corrected chi connectivity index (χ3v) is 3.11. The molecule has 3 N–H and O–H groups in total. The number of nitrogens with zero attached hydrogens (tertiary/aromatic N) is 2. The molecule has 0 aliphatic carbocycles. The van der Waals surface area contributed by atoms with Crippen molar-refractivity contribution in [2.45, 2.75) is 20.5 Å². The zero-order valence-corrected chi connectivity index (χ0v) is 10.5. The highest BCUT2D eigenvalue weighted by Crippen LogP contribution is 2.21. The van der Waals surface area contributed by atoms with Crippen LogP contribution in [0.2, 0.25) is 0 Å². The summed E-state index contributed by atoms with van der Waals surface area (Å²) < 4.78 is 5.70. The molecule has 5 nitrogen and oxygen atoms in total. The molecule has 0 fully saturated rings. The minimum Gasteiger partial charge on any atom is -0.486 e. The van der Waals surface area contributed by atoms with E-state index in [0.29, 0.717) is 11.7 Å². The summed E-state index contributed by atoms with van der Waals surface area (Å²) in [6, 6.07) is 6.11. The minimum atomic E-state index is 0.406. The zero-order valence-electron chi connectivity index (χ0n) is 9.73. The van der Waals surface area contributed by atoms with Gasteiger partial charge in [-0.1, -0.05) is 23.5 Å². The maximum absolute atomic E-state index is 5.70. The Hall–Kier alpha value is -1.66. The molecular formula is C11H14N4OS. The molecule has 0 spiro atoms. The Balaban J connectivity index is 2.04. The second kappa shape index (κ2) is 5.11. The van der Waals surface area contributed by atoms with Gasteiger partial charge in [0.05, 0.1) is 0 Å². The first kappa shape index (κ1) is 11.8. The van der Waals surface area contributed by atoms with E-state index in [1.54, 1.807) is 0 Å². The third kappa shape index (κ3) is 2.92. The topological polar surface area (TPSA) is 73.1 Å². The number of aromatic nitrogens is 2. The van der Waals surface area contributed by atoms with Gasteiger partial charge >= 0.3 is 0 Å². The quantitative estimate of drug-likeness (QED) is 0.641. The predicted molar refractivity (Wildman–Crippen MR) is 68.0 cm³/mol. The first-order valence-electron chi connectivity index (χ1n) is 5.18. The molecule has 17 heavy (non-hydrogen) atoms. The van der Waals surface area contributed by atoms with E-state index in [-0.39, 0.29) is 0 Å². The van der Waals surface area contributed by atoms with Crippen LogP contribution in [-0.4, -0.2) is 10.2 Å². The molecule has 0 aliphatic rings. The van der Waals surface area contributed by atoms with E-state index in [9.17, 15) is 0 Å². The number of aryl methyl sites for hydroxylation is 2. The highest BCUT2D eigenvalue weighted by Gasteiger charge is 2.05. The number of anilines is 1. The highest BCUT2D eigenvalue weighted by atomic mass is 32.1. The van der Waals surface area contributed by atoms with E-state index < -0.39 is 0 Å². The SMILES string of the molecule is Cc1ccc(C)c(OCc2nnc(NN)s2)c1. The molecule has 2 rings (SSSR count). The van der Waals surface area contributed by atoms with Crippen LogP contribution in [0.15, 0.2) is 18.2 Å². The average Bonchev–Trinajstić information content (AvgIpc) is 2.78. The summed E-state index contributed by atoms with van der Waals surface area (Å²) in [6.45, 7) is 4.46. The summed E-state index contributed by atoms with van der Waals surface area (Å²) in [5.41, 5.74) is 4.74. The Morgan fingerprint density at radius 2 is 2.18 bits per heavy atom. The smallest absolute Gasteiger partial charge is 0.219 e. The molecule has 0 bridgehead atoms. The molecule has 1 aromatic carbocycles. The molecule has 1 aromatic heterocycles. The summed E-state index contributed by atoms with van der Waals surface area (Å²) in [5.74, 6) is 6.11. The first-order chi connectivity index (χ1) is 8.19. The fourth-order valence-corrected chi connectivity index (χ4v) is 1.94. The van der Waals surface area contributed by atoms with Crippen molar-refractivity contribution >= 4 is 16.5 Å². The van der Waals surface area contributed by atoms with Crippen LogP contribution in [0, 0.1) is 13.8 Å². The summed E-state index contributed by atoms with van der Waals surface area (Å²) in [4.78, 5) is 0. The van der Waals surface area contributed by atoms with Crippen LogP contribution >= 0.6 is 11.3 Å². The van der Waals surface area contributed by atoms with Crippen molar-refractivity contribution in [2.75, 3.05) is 5.43 Å². The Labute approximate surface area is 104 Å². The van der Waals surface area contributed by atoms with E-state index in [1.807, 2.05) is 26.0 Å². The zero-order chi connectivity index (χ0) is 12.3. The van der Waals surface area contributed by atoms with Crippen molar-refractivity contribution < 1.29 is 4.74 Å². The second-order valence-corrected chi connectivity index (χ2v) is 4.76. The van der Waals surface area contributed by atoms with Crippen LogP contribution in [0.3, 0.4) is 0 Å². The van der Waals surface area contributed by atoms with Gasteiger partial charge in [-0.05, 0) is 31.0 Å². The number of nitrogen functional groups attached to an aromatic ring is 1. The molecule has 0 saturated heterocycles. The summed E-state index contributed by atoms with van der Waals surface area (Å²) in [5, 5.41) is 9.17. The molecule has 0 atom stereocenters. The first-order valence-corrected chi connectivity index (χ1v) is 6.00. The molecule has 6 heteroatoms. The van der Waals surface area contributed by atoms with E-state index in [4.69, 9.17) is 10.6 Å². The molecule has 0 aliphatic heterocycles. The number of hydrogen-bond acceptors (Lipinski definition) is 6. The van der Waals surface area contributed by atoms with E-state index >= 15 is 0 Å². The van der Waals surface area contributed by atoms with Crippen LogP contribution < -0.4 is 16.0 Å². The summed E-state index contributed by atoms with van der Waals surface area (Å²) in [7, 11) is 0. The average molecular weight is 250 g/mol. The summed E-state index contributed by atoms with van der Waals surface area (Å²) >= 11 is 1.38. The number of nitrogens with one attached hydrogen (secondary N) is 1. The normalized spacial score (nSPS) is 10.3. The lowest BCUT2D eigenvalue weighted by atomic mass is 10.1. The Morgan fingerprint density at radius 3 is 2.88 bits per heavy atom. The van der Waals surface area contributed by atoms with Crippen LogP contribution in [0.25, 0.3) is 0 Å². The standard InChI is InChI=1S/C11H14N4OS/c1-7-3-4-8(2)9(5-7)16-6-10-14-15-11(13-12)17-10/h3-5H,6,12H2,1-2H3,(H,13,15). The van der Waals surface area contributed by atoms with Gasteiger partial charge < -0.3 is 4.74 Å². The largest absolute Gasteiger partial charge is 0.486 e. The van der Waals surface area contributed by atoms with E-state index in [1.165, 1.54) is 16.9 Å². The Bertz CT molecular complexity index is 512. The fourth-order valence-electron chi connectivity index (χ4n) is 1.37. The van der Waals surface area contributed by atoms with E-state index in [2.05, 4.69) is 21.7 Å². The fraction of sp³-hybridized carbons (Fsp3) is 0.273. The summed E-state index contributed by atoms with van der Waals surface area (Å²) in [6.07, 6.45) is 0. The highest BCUT2D eigenvalue weighted by molar-refractivity contribution is 7.15. The van der Waals surface area contributed by atoms with Crippen molar-refractivity contribution in [2.24, 2.45) is 5.84 Å². The molecule has 0 amide bonds. The lowest BCUT2D eigenvalue weighted by molar-refractivity contribution is 0.302. The van der Waals surface area contributed by atoms with Crippen LogP contribution in [-0.2, 0) is 6.61 Å². The van der Waals surface area contributed by atoms with Gasteiger partial charge in [0.25, 0.3) is 0 Å². The Morgan fingerprint density at radius 1 is 1.35 bits per heavy atom. The molecule has 90 valence electrons. The van der Waals surface area contributed by atoms with Gasteiger partial charge in [0.15, 0.2) is 5.01 Å². The number of benzene rings is 1. The molecular weight excluding hydrogens is 236 g/mol. The number of nitrogens with two attached hydrogens (primary N) is 1. The minimum absolute atomic E-state index is 0.406.